The predicted octanol–water partition coefficient (Wildman–Crippen LogP) is 1.75. The third-order valence-electron chi connectivity index (χ3n) is 5.27. The number of halogens is 2. The van der Waals surface area contributed by atoms with Crippen LogP contribution in [0.15, 0.2) is 18.2 Å². The van der Waals surface area contributed by atoms with Gasteiger partial charge in [0, 0.05) is 52.4 Å². The smallest absolute Gasteiger partial charge is 0.321 e. The Hall–Kier alpha value is -2.26. The summed E-state index contributed by atoms with van der Waals surface area (Å²) in [6.07, 6.45) is 1.50. The summed E-state index contributed by atoms with van der Waals surface area (Å²) in [5.74, 6) is -1.39. The second-order valence-corrected chi connectivity index (χ2v) is 7.05. The molecule has 1 atom stereocenters. The van der Waals surface area contributed by atoms with Gasteiger partial charge in [0.05, 0.1) is 18.3 Å². The van der Waals surface area contributed by atoms with Gasteiger partial charge in [-0.3, -0.25) is 9.69 Å². The number of anilines is 1. The minimum Gasteiger partial charge on any atom is -0.383 e. The van der Waals surface area contributed by atoms with Crippen molar-refractivity contribution in [1.82, 2.24) is 14.7 Å². The van der Waals surface area contributed by atoms with E-state index >= 15 is 0 Å². The van der Waals surface area contributed by atoms with Crippen molar-refractivity contribution in [1.29, 1.82) is 0 Å². The van der Waals surface area contributed by atoms with Crippen molar-refractivity contribution < 1.29 is 23.1 Å². The van der Waals surface area contributed by atoms with E-state index in [9.17, 15) is 18.4 Å². The fourth-order valence-electron chi connectivity index (χ4n) is 3.72. The Morgan fingerprint density at radius 3 is 2.79 bits per heavy atom. The quantitative estimate of drug-likeness (QED) is 0.824. The fourth-order valence-corrected chi connectivity index (χ4v) is 3.72. The summed E-state index contributed by atoms with van der Waals surface area (Å²) in [6, 6.07) is 2.46. The number of urea groups is 1. The Bertz CT molecular complexity index is 718. The Morgan fingerprint density at radius 2 is 2.04 bits per heavy atom. The number of ether oxygens (including phenoxy) is 1. The third-order valence-corrected chi connectivity index (χ3v) is 5.27. The highest BCUT2D eigenvalue weighted by Crippen LogP contribution is 2.20. The molecule has 0 aliphatic carbocycles. The van der Waals surface area contributed by atoms with E-state index in [-0.39, 0.29) is 17.6 Å². The van der Waals surface area contributed by atoms with Crippen molar-refractivity contribution in [2.45, 2.75) is 18.9 Å². The third kappa shape index (κ3) is 4.77. The maximum atomic E-state index is 13.8. The van der Waals surface area contributed by atoms with E-state index in [1.165, 1.54) is 6.07 Å². The second kappa shape index (κ2) is 9.29. The van der Waals surface area contributed by atoms with Crippen LogP contribution in [0, 0.1) is 11.6 Å². The lowest BCUT2D eigenvalue weighted by atomic mass is 10.2. The van der Waals surface area contributed by atoms with Gasteiger partial charge in [-0.05, 0) is 25.0 Å². The number of methoxy groups -OCH3 is 1. The Morgan fingerprint density at radius 1 is 1.21 bits per heavy atom. The van der Waals surface area contributed by atoms with Gasteiger partial charge >= 0.3 is 6.03 Å². The molecule has 1 N–H and O–H groups in total. The maximum Gasteiger partial charge on any atom is 0.321 e. The van der Waals surface area contributed by atoms with Gasteiger partial charge < -0.3 is 19.9 Å². The zero-order chi connectivity index (χ0) is 20.1. The van der Waals surface area contributed by atoms with Crippen LogP contribution in [0.25, 0.3) is 0 Å². The van der Waals surface area contributed by atoms with Crippen LogP contribution in [-0.4, -0.2) is 85.7 Å². The molecule has 2 aliphatic heterocycles. The molecule has 1 aromatic rings. The highest BCUT2D eigenvalue weighted by Gasteiger charge is 2.36. The number of carbonyl (C=O) groups is 2. The van der Waals surface area contributed by atoms with Crippen LogP contribution in [0.4, 0.5) is 19.3 Å². The van der Waals surface area contributed by atoms with Gasteiger partial charge in [0.2, 0.25) is 5.91 Å². The van der Waals surface area contributed by atoms with Crippen molar-refractivity contribution in [3.63, 3.8) is 0 Å². The van der Waals surface area contributed by atoms with Crippen LogP contribution in [-0.2, 0) is 9.53 Å². The first-order chi connectivity index (χ1) is 13.5. The zero-order valence-corrected chi connectivity index (χ0v) is 16.0. The summed E-state index contributed by atoms with van der Waals surface area (Å²) in [6.45, 7) is 4.09. The van der Waals surface area contributed by atoms with Gasteiger partial charge in [0.1, 0.15) is 11.6 Å². The summed E-state index contributed by atoms with van der Waals surface area (Å²) >= 11 is 0. The molecule has 2 heterocycles. The van der Waals surface area contributed by atoms with Gasteiger partial charge in [-0.2, -0.15) is 0 Å². The van der Waals surface area contributed by atoms with Crippen LogP contribution in [0.3, 0.4) is 0 Å². The summed E-state index contributed by atoms with van der Waals surface area (Å²) < 4.78 is 31.8. The lowest BCUT2D eigenvalue weighted by molar-refractivity contribution is -0.132. The maximum absolute atomic E-state index is 13.8. The minimum atomic E-state index is -0.808. The van der Waals surface area contributed by atoms with Gasteiger partial charge in [-0.25, -0.2) is 13.6 Å². The van der Waals surface area contributed by atoms with E-state index in [0.717, 1.165) is 38.1 Å². The van der Waals surface area contributed by atoms with Crippen LogP contribution >= 0.6 is 0 Å². The molecule has 9 heteroatoms. The molecule has 3 rings (SSSR count). The number of benzene rings is 1. The van der Waals surface area contributed by atoms with Crippen LogP contribution in [0.2, 0.25) is 0 Å². The average molecular weight is 396 g/mol. The molecule has 0 spiro atoms. The molecular weight excluding hydrogens is 370 g/mol. The molecule has 0 aromatic heterocycles. The van der Waals surface area contributed by atoms with E-state index in [1.807, 2.05) is 4.90 Å². The molecular formula is C19H26F2N4O3. The van der Waals surface area contributed by atoms with Crippen LogP contribution in [0.1, 0.15) is 12.8 Å². The SMILES string of the molecule is COCCN1CC[C@@H](N2CCCN(C(=O)Nc3ccc(F)cc3F)CC2)C1=O. The normalized spacial score (nSPS) is 21.1. The standard InChI is InChI=1S/C19H26F2N4O3/c1-28-12-11-24-8-5-17(18(24)26)23-6-2-7-25(10-9-23)19(27)22-16-4-3-14(20)13-15(16)21/h3-4,13,17H,2,5-12H2,1H3,(H,22,27)/t17-/m1/s1. The van der Waals surface area contributed by atoms with Gasteiger partial charge in [0.25, 0.3) is 0 Å². The first-order valence-corrected chi connectivity index (χ1v) is 9.52. The van der Waals surface area contributed by atoms with E-state index in [2.05, 4.69) is 10.2 Å². The Labute approximate surface area is 163 Å². The van der Waals surface area contributed by atoms with E-state index < -0.39 is 17.7 Å². The van der Waals surface area contributed by atoms with Crippen molar-refractivity contribution in [3.05, 3.63) is 29.8 Å². The van der Waals surface area contributed by atoms with Crippen molar-refractivity contribution in [2.24, 2.45) is 0 Å². The van der Waals surface area contributed by atoms with Crippen molar-refractivity contribution in [3.8, 4) is 0 Å². The number of carbonyl (C=O) groups excluding carboxylic acids is 2. The molecule has 2 aliphatic rings. The second-order valence-electron chi connectivity index (χ2n) is 7.05. The van der Waals surface area contributed by atoms with Gasteiger partial charge in [-0.1, -0.05) is 0 Å². The fraction of sp³-hybridized carbons (Fsp3) is 0.579. The first-order valence-electron chi connectivity index (χ1n) is 9.52. The number of hydrogen-bond acceptors (Lipinski definition) is 4. The number of hydrogen-bond donors (Lipinski definition) is 1. The molecule has 7 nitrogen and oxygen atoms in total. The molecule has 28 heavy (non-hydrogen) atoms. The summed E-state index contributed by atoms with van der Waals surface area (Å²) in [7, 11) is 1.62. The first kappa shape index (κ1) is 20.5. The Balaban J connectivity index is 1.54. The molecule has 1 aromatic carbocycles. The van der Waals surface area contributed by atoms with Gasteiger partial charge in [-0.15, -0.1) is 0 Å². The monoisotopic (exact) mass is 396 g/mol. The number of likely N-dealkylation sites (tertiary alicyclic amines) is 1. The molecule has 0 saturated carbocycles. The Kier molecular flexibility index (Phi) is 6.79. The molecule has 154 valence electrons. The van der Waals surface area contributed by atoms with Gasteiger partial charge in [0.15, 0.2) is 0 Å². The molecule has 3 amide bonds. The highest BCUT2D eigenvalue weighted by molar-refractivity contribution is 5.89. The topological polar surface area (TPSA) is 65.1 Å². The molecule has 0 radical (unpaired) electrons. The number of nitrogens with one attached hydrogen (secondary N) is 1. The molecule has 2 saturated heterocycles. The minimum absolute atomic E-state index is 0.0488. The molecule has 2 fully saturated rings. The van der Waals surface area contributed by atoms with Crippen molar-refractivity contribution >= 4 is 17.6 Å². The predicted molar refractivity (Wildman–Crippen MR) is 100 cm³/mol. The molecule has 0 unspecified atom stereocenters. The zero-order valence-electron chi connectivity index (χ0n) is 16.0. The molecule has 0 bridgehead atoms. The highest BCUT2D eigenvalue weighted by atomic mass is 19.1. The number of amides is 3. The van der Waals surface area contributed by atoms with Crippen LogP contribution in [0.5, 0.6) is 0 Å². The summed E-state index contributed by atoms with van der Waals surface area (Å²) in [5.41, 5.74) is -0.0488. The average Bonchev–Trinajstić information content (AvgIpc) is 2.88. The van der Waals surface area contributed by atoms with Crippen LogP contribution < -0.4 is 5.32 Å². The number of rotatable bonds is 5. The summed E-state index contributed by atoms with van der Waals surface area (Å²) in [5, 5.41) is 2.50. The van der Waals surface area contributed by atoms with E-state index in [1.54, 1.807) is 12.0 Å². The van der Waals surface area contributed by atoms with Crippen molar-refractivity contribution in [2.75, 3.05) is 58.3 Å². The lowest BCUT2D eigenvalue weighted by Crippen LogP contribution is -2.44. The summed E-state index contributed by atoms with van der Waals surface area (Å²) in [4.78, 5) is 30.6. The number of nitrogens with zero attached hydrogens (tertiary/aromatic N) is 3. The largest absolute Gasteiger partial charge is 0.383 e. The lowest BCUT2D eigenvalue weighted by Gasteiger charge is -2.26. The van der Waals surface area contributed by atoms with E-state index in [0.29, 0.717) is 32.8 Å². The van der Waals surface area contributed by atoms with E-state index in [4.69, 9.17) is 4.74 Å².